The van der Waals surface area contributed by atoms with Crippen LogP contribution in [-0.4, -0.2) is 130 Å². The molecule has 21 nitrogen and oxygen atoms in total. The van der Waals surface area contributed by atoms with E-state index in [1.54, 1.807) is 0 Å². The van der Waals surface area contributed by atoms with E-state index in [-0.39, 0.29) is 31.6 Å². The van der Waals surface area contributed by atoms with Crippen LogP contribution in [0.25, 0.3) is 0 Å². The number of nitrogens with zero attached hydrogens (tertiary/aromatic N) is 1. The van der Waals surface area contributed by atoms with Gasteiger partial charge in [-0.15, -0.1) is 0 Å². The number of unbranched alkanes of at least 4 members (excludes halogenated alkanes) is 12. The molecule has 0 aliphatic rings. The molecule has 0 unspecified atom stereocenters. The third-order valence-corrected chi connectivity index (χ3v) is 10.5. The maximum absolute atomic E-state index is 13.5. The van der Waals surface area contributed by atoms with Crippen molar-refractivity contribution in [2.75, 3.05) is 13.7 Å². The zero-order valence-electron chi connectivity index (χ0n) is 37.9. The van der Waals surface area contributed by atoms with Crippen molar-refractivity contribution in [3.63, 3.8) is 0 Å². The monoisotopic (exact) mass is 904 g/mol. The molecule has 0 aliphatic carbocycles. The molecule has 0 bridgehead atoms. The van der Waals surface area contributed by atoms with Crippen LogP contribution in [-0.2, 0) is 49.6 Å². The number of nitrogens with two attached hydrogens (primary N) is 2. The fraction of sp³-hybridized carbons (Fsp3) is 0.714. The molecule has 22 heteroatoms. The maximum Gasteiger partial charge on any atom is 0.245 e. The van der Waals surface area contributed by atoms with Gasteiger partial charge in [-0.1, -0.05) is 84.0 Å². The van der Waals surface area contributed by atoms with Crippen molar-refractivity contribution in [2.45, 2.75) is 178 Å². The number of aromatic nitrogens is 2. The molecule has 8 amide bonds. The van der Waals surface area contributed by atoms with Gasteiger partial charge in [0.25, 0.3) is 0 Å². The fourth-order valence-electron chi connectivity index (χ4n) is 6.68. The number of hydrogen-bond acceptors (Lipinski definition) is 12. The number of nitrogens with one attached hydrogen (secondary N) is 7. The van der Waals surface area contributed by atoms with E-state index >= 15 is 0 Å². The van der Waals surface area contributed by atoms with E-state index < -0.39 is 102 Å². The van der Waals surface area contributed by atoms with E-state index in [9.17, 15) is 53.4 Å². The molecule has 64 heavy (non-hydrogen) atoms. The first kappa shape index (κ1) is 56.6. The van der Waals surface area contributed by atoms with Crippen molar-refractivity contribution in [3.8, 4) is 0 Å². The van der Waals surface area contributed by atoms with Gasteiger partial charge >= 0.3 is 0 Å². The average Bonchev–Trinajstić information content (AvgIpc) is 3.76. The van der Waals surface area contributed by atoms with E-state index in [1.165, 1.54) is 77.9 Å². The van der Waals surface area contributed by atoms with Gasteiger partial charge in [0.15, 0.2) is 0 Å². The molecule has 0 saturated carbocycles. The maximum atomic E-state index is 13.5. The summed E-state index contributed by atoms with van der Waals surface area (Å²) < 4.78 is 0. The highest BCUT2D eigenvalue weighted by atomic mass is 16.3. The summed E-state index contributed by atoms with van der Waals surface area (Å²) in [5, 5.41) is 34.8. The minimum atomic E-state index is -1.74. The van der Waals surface area contributed by atoms with Gasteiger partial charge in [0, 0.05) is 50.6 Å². The van der Waals surface area contributed by atoms with Crippen molar-refractivity contribution >= 4 is 60.2 Å². The van der Waals surface area contributed by atoms with E-state index in [4.69, 9.17) is 11.5 Å². The zero-order valence-corrected chi connectivity index (χ0v) is 37.9. The lowest BCUT2D eigenvalue weighted by atomic mass is 9.58. The number of carbonyl (C=O) groups is 9. The Bertz CT molecular complexity index is 1630. The van der Waals surface area contributed by atoms with E-state index in [0.29, 0.717) is 19.4 Å². The first-order chi connectivity index (χ1) is 30.4. The number of aliphatic hydroxyl groups excluding tert-OH is 2. The smallest absolute Gasteiger partial charge is 0.245 e. The first-order valence-corrected chi connectivity index (χ1v) is 22.4. The molecule has 1 aromatic rings. The van der Waals surface area contributed by atoms with Gasteiger partial charge in [-0.25, -0.2) is 4.98 Å². The van der Waals surface area contributed by atoms with Gasteiger partial charge < -0.3 is 63.4 Å². The largest absolute Gasteiger partial charge is 0.396 e. The normalized spacial score (nSPS) is 14.3. The number of hydrogen-bond donors (Lipinski definition) is 11. The van der Waals surface area contributed by atoms with Crippen LogP contribution in [0.1, 0.15) is 136 Å². The predicted molar refractivity (Wildman–Crippen MR) is 238 cm³/mol. The number of H-pyrrole nitrogens is 1. The summed E-state index contributed by atoms with van der Waals surface area (Å²) in [7, 11) is 1.98. The van der Waals surface area contributed by atoms with Crippen molar-refractivity contribution in [3.05, 3.63) is 18.2 Å². The van der Waals surface area contributed by atoms with Crippen LogP contribution in [0.4, 0.5) is 0 Å². The lowest BCUT2D eigenvalue weighted by molar-refractivity contribution is -0.135. The Morgan fingerprint density at radius 2 is 1.27 bits per heavy atom. The van der Waals surface area contributed by atoms with Gasteiger partial charge in [-0.3, -0.25) is 38.4 Å². The first-order valence-electron chi connectivity index (χ1n) is 22.4. The number of imidazole rings is 1. The molecule has 359 valence electrons. The standard InChI is InChI=1S/C42H72BN10O11/c1-5-6-7-8-9-10-11-12-13-14-15-16-17-18-35(58)50-32(21-28-23-47-25-48-28)41(63)49-26(2)38(60)53-36(27(3)55)42(64)52-31(22-34(45)57)37(59)43-29(24-54)39(61)51-30(40(62)46-4)19-20-33(44)56/h23,25-27,29-32,36,54-55H,5-22,24H2,1-4H3,(H2,44,56)(H2,45,57)(H,46,62)(H,47,48)(H,49,63)(H,50,58)(H,51,61)(H,52,64)(H,53,60)/t26-,27+,29-,30-,31-,32-,36-/m0/s1. The molecular formula is C42H72BN10O11. The summed E-state index contributed by atoms with van der Waals surface area (Å²) in [6.07, 6.45) is 15.3. The molecule has 7 atom stereocenters. The third-order valence-electron chi connectivity index (χ3n) is 10.5. The number of aromatic amines is 1. The van der Waals surface area contributed by atoms with Crippen molar-refractivity contribution in [1.82, 2.24) is 41.9 Å². The Morgan fingerprint density at radius 1 is 0.688 bits per heavy atom. The second-order valence-corrected chi connectivity index (χ2v) is 16.1. The van der Waals surface area contributed by atoms with Crippen LogP contribution in [0.2, 0.25) is 5.82 Å². The molecule has 0 fully saturated rings. The van der Waals surface area contributed by atoms with E-state index in [2.05, 4.69) is 48.8 Å². The van der Waals surface area contributed by atoms with Crippen LogP contribution in [0.5, 0.6) is 0 Å². The number of amides is 8. The van der Waals surface area contributed by atoms with Crippen LogP contribution >= 0.6 is 0 Å². The highest BCUT2D eigenvalue weighted by Crippen LogP contribution is 2.14. The lowest BCUT2D eigenvalue weighted by Crippen LogP contribution is -2.60. The minimum Gasteiger partial charge on any atom is -0.396 e. The average molecular weight is 904 g/mol. The molecule has 1 rings (SSSR count). The Kier molecular flexibility index (Phi) is 28.6. The number of rotatable bonds is 36. The van der Waals surface area contributed by atoms with Gasteiger partial charge in [0.2, 0.25) is 54.5 Å². The van der Waals surface area contributed by atoms with E-state index in [1.807, 2.05) is 0 Å². The van der Waals surface area contributed by atoms with Gasteiger partial charge in [0.1, 0.15) is 29.8 Å². The second kappa shape index (κ2) is 32.3. The molecule has 0 saturated heterocycles. The topological polar surface area (TPSA) is 347 Å². The van der Waals surface area contributed by atoms with Crippen molar-refractivity contribution < 1.29 is 53.4 Å². The molecule has 0 spiro atoms. The highest BCUT2D eigenvalue weighted by Gasteiger charge is 2.35. The molecule has 13 N–H and O–H groups in total. The summed E-state index contributed by atoms with van der Waals surface area (Å²) in [6.45, 7) is 3.73. The third kappa shape index (κ3) is 23.9. The highest BCUT2D eigenvalue weighted by molar-refractivity contribution is 6.78. The van der Waals surface area contributed by atoms with Gasteiger partial charge in [-0.2, -0.15) is 0 Å². The fourth-order valence-corrected chi connectivity index (χ4v) is 6.68. The van der Waals surface area contributed by atoms with Gasteiger partial charge in [0.05, 0.1) is 24.9 Å². The Hall–Kier alpha value is -5.38. The van der Waals surface area contributed by atoms with E-state index in [0.717, 1.165) is 32.6 Å². The lowest BCUT2D eigenvalue weighted by Gasteiger charge is -2.26. The number of aliphatic hydroxyl groups is 2. The molecule has 0 aromatic carbocycles. The number of primary amides is 2. The quantitative estimate of drug-likeness (QED) is 0.0290. The molecule has 1 radical (unpaired) electrons. The molecular weight excluding hydrogens is 831 g/mol. The van der Waals surface area contributed by atoms with Crippen LogP contribution in [0, 0.1) is 0 Å². The van der Waals surface area contributed by atoms with Crippen molar-refractivity contribution in [2.24, 2.45) is 11.5 Å². The zero-order chi connectivity index (χ0) is 48.0. The molecule has 1 heterocycles. The summed E-state index contributed by atoms with van der Waals surface area (Å²) in [5.41, 5.74) is 9.94. The second-order valence-electron chi connectivity index (χ2n) is 16.1. The Labute approximate surface area is 376 Å². The molecule has 1 aromatic heterocycles. The summed E-state index contributed by atoms with van der Waals surface area (Å²) in [5.74, 6) is -8.24. The number of carbonyl (C=O) groups excluding carboxylic acids is 9. The predicted octanol–water partition coefficient (Wildman–Crippen LogP) is -0.843. The summed E-state index contributed by atoms with van der Waals surface area (Å²) in [4.78, 5) is 122. The van der Waals surface area contributed by atoms with Crippen LogP contribution in [0.15, 0.2) is 12.5 Å². The molecule has 0 aliphatic heterocycles. The van der Waals surface area contributed by atoms with Gasteiger partial charge in [-0.05, 0) is 26.7 Å². The Morgan fingerprint density at radius 3 is 1.77 bits per heavy atom. The van der Waals surface area contributed by atoms with Crippen LogP contribution < -0.4 is 43.4 Å². The SMILES string of the molecule is CCCCCCCCCCCCCCCC(=O)N[C@@H](Cc1cnc[nH]1)C(=O)N[C@@H](C)C(=O)N[C@H](C(=O)N[C@@H](CC(N)=O)C(=O)[B][C@@H](CO)C(=O)N[C@@H](CCC(N)=O)C(=O)NC)[C@@H](C)O. The number of likely N-dealkylation sites (N-methyl/N-ethyl adjacent to an activating group) is 1. The minimum absolute atomic E-state index is 0.0261. The summed E-state index contributed by atoms with van der Waals surface area (Å²) >= 11 is 0. The van der Waals surface area contributed by atoms with Crippen molar-refractivity contribution in [1.29, 1.82) is 0 Å². The Balaban J connectivity index is 2.86. The summed E-state index contributed by atoms with van der Waals surface area (Å²) in [6, 6.07) is -7.16. The van der Waals surface area contributed by atoms with Crippen LogP contribution in [0.3, 0.4) is 0 Å².